The van der Waals surface area contributed by atoms with Crippen LogP contribution in [0.1, 0.15) is 28.5 Å². The number of rotatable bonds is 14. The standard InChI is InChI=1S/C39H38F4N6O4S2/c1-2-53-29-8-6-7-28(24-29)32-13-11-27(23-34(32)40)26-48-18-20-49(21-19-48)37-16-15-36(45-46-37)38(50)47-55(51,52)31-12-14-35(33(25-31)39(41,42)43)44-17-22-54-30-9-4-3-5-10-30/h3-16,23-25,44H,2,17-22,26H2,1H3,(H,47,50). The van der Waals surface area contributed by atoms with Crippen molar-refractivity contribution in [2.45, 2.75) is 29.4 Å². The highest BCUT2D eigenvalue weighted by molar-refractivity contribution is 7.99. The highest BCUT2D eigenvalue weighted by Gasteiger charge is 2.35. The van der Waals surface area contributed by atoms with Crippen LogP contribution in [-0.2, 0) is 22.7 Å². The van der Waals surface area contributed by atoms with Crippen LogP contribution in [0.25, 0.3) is 11.1 Å². The Balaban J connectivity index is 1.01. The number of hydrogen-bond acceptors (Lipinski definition) is 10. The molecule has 1 aromatic heterocycles. The van der Waals surface area contributed by atoms with Gasteiger partial charge in [-0.1, -0.05) is 42.5 Å². The van der Waals surface area contributed by atoms with E-state index >= 15 is 4.39 Å². The third-order valence-electron chi connectivity index (χ3n) is 8.74. The average molecular weight is 795 g/mol. The number of thioether (sulfide) groups is 1. The first-order chi connectivity index (χ1) is 26.4. The van der Waals surface area contributed by atoms with E-state index in [0.717, 1.165) is 28.2 Å². The molecule has 1 fully saturated rings. The number of piperazine rings is 1. The Hall–Kier alpha value is -5.19. The lowest BCUT2D eigenvalue weighted by Gasteiger charge is -2.35. The molecule has 16 heteroatoms. The third-order valence-corrected chi connectivity index (χ3v) is 11.1. The molecule has 4 aromatic carbocycles. The lowest BCUT2D eigenvalue weighted by atomic mass is 10.0. The Morgan fingerprint density at radius 1 is 0.891 bits per heavy atom. The molecule has 1 amide bonds. The first kappa shape index (κ1) is 39.5. The number of ether oxygens (including phenoxy) is 1. The number of nitrogens with one attached hydrogen (secondary N) is 2. The SMILES string of the molecule is CCOc1cccc(-c2ccc(CN3CCN(c4ccc(C(=O)NS(=O)(=O)c5ccc(NCCSc6ccccc6)c(C(F)(F)F)c5)nn4)CC3)cc2F)c1. The predicted octanol–water partition coefficient (Wildman–Crippen LogP) is 7.35. The first-order valence-corrected chi connectivity index (χ1v) is 19.9. The quantitative estimate of drug-likeness (QED) is 0.0672. The van der Waals surface area contributed by atoms with Gasteiger partial charge in [0.1, 0.15) is 11.6 Å². The molecule has 1 aliphatic rings. The van der Waals surface area contributed by atoms with E-state index < -0.39 is 32.6 Å². The Labute approximate surface area is 321 Å². The minimum atomic E-state index is -4.86. The Morgan fingerprint density at radius 3 is 2.36 bits per heavy atom. The molecule has 0 atom stereocenters. The minimum absolute atomic E-state index is 0.192. The van der Waals surface area contributed by atoms with E-state index in [2.05, 4.69) is 20.4 Å². The van der Waals surface area contributed by atoms with Gasteiger partial charge >= 0.3 is 6.18 Å². The molecule has 5 aromatic rings. The van der Waals surface area contributed by atoms with Gasteiger partial charge in [0.25, 0.3) is 15.9 Å². The monoisotopic (exact) mass is 794 g/mol. The molecule has 0 unspecified atom stereocenters. The Bertz CT molecular complexity index is 2200. The van der Waals surface area contributed by atoms with Gasteiger partial charge in [0.05, 0.1) is 17.1 Å². The van der Waals surface area contributed by atoms with Crippen LogP contribution in [-0.4, -0.2) is 74.5 Å². The Morgan fingerprint density at radius 2 is 1.67 bits per heavy atom. The van der Waals surface area contributed by atoms with E-state index in [4.69, 9.17) is 4.74 Å². The average Bonchev–Trinajstić information content (AvgIpc) is 3.17. The van der Waals surface area contributed by atoms with Gasteiger partial charge in [-0.25, -0.2) is 17.5 Å². The van der Waals surface area contributed by atoms with Crippen molar-refractivity contribution in [1.82, 2.24) is 19.8 Å². The summed E-state index contributed by atoms with van der Waals surface area (Å²) < 4.78 is 90.4. The lowest BCUT2D eigenvalue weighted by Crippen LogP contribution is -2.46. The molecule has 1 saturated heterocycles. The van der Waals surface area contributed by atoms with Crippen molar-refractivity contribution in [2.75, 3.05) is 55.3 Å². The fourth-order valence-electron chi connectivity index (χ4n) is 6.00. The summed E-state index contributed by atoms with van der Waals surface area (Å²) in [5.41, 5.74) is 0.269. The fourth-order valence-corrected chi connectivity index (χ4v) is 7.78. The number of anilines is 2. The van der Waals surface area contributed by atoms with Crippen LogP contribution in [0.15, 0.2) is 113 Å². The first-order valence-electron chi connectivity index (χ1n) is 17.4. The summed E-state index contributed by atoms with van der Waals surface area (Å²) in [7, 11) is -4.70. The molecule has 10 nitrogen and oxygen atoms in total. The molecule has 55 heavy (non-hydrogen) atoms. The lowest BCUT2D eigenvalue weighted by molar-refractivity contribution is -0.137. The van der Waals surface area contributed by atoms with Crippen molar-refractivity contribution in [3.8, 4) is 16.9 Å². The molecule has 0 radical (unpaired) electrons. The molecule has 6 rings (SSSR count). The maximum atomic E-state index is 15.1. The highest BCUT2D eigenvalue weighted by Crippen LogP contribution is 2.36. The molecule has 1 aliphatic heterocycles. The number of halogens is 4. The molecule has 0 spiro atoms. The second-order valence-electron chi connectivity index (χ2n) is 12.5. The van der Waals surface area contributed by atoms with Crippen LogP contribution in [0.5, 0.6) is 5.75 Å². The number of sulfonamides is 1. The van der Waals surface area contributed by atoms with Gasteiger partial charge in [-0.05, 0) is 78.7 Å². The number of carbonyl (C=O) groups excluding carboxylic acids is 1. The molecular weight excluding hydrogens is 757 g/mol. The molecule has 0 saturated carbocycles. The summed E-state index contributed by atoms with van der Waals surface area (Å²) in [4.78, 5) is 17.2. The number of aromatic nitrogens is 2. The van der Waals surface area contributed by atoms with E-state index in [1.54, 1.807) is 16.9 Å². The zero-order chi connectivity index (χ0) is 39.0. The van der Waals surface area contributed by atoms with Crippen molar-refractivity contribution in [2.24, 2.45) is 0 Å². The van der Waals surface area contributed by atoms with Crippen LogP contribution < -0.4 is 19.7 Å². The summed E-state index contributed by atoms with van der Waals surface area (Å²) in [6.07, 6.45) is -4.86. The van der Waals surface area contributed by atoms with Crippen LogP contribution >= 0.6 is 11.8 Å². The smallest absolute Gasteiger partial charge is 0.418 e. The largest absolute Gasteiger partial charge is 0.494 e. The number of amides is 1. The van der Waals surface area contributed by atoms with Gasteiger partial charge in [-0.2, -0.15) is 13.2 Å². The van der Waals surface area contributed by atoms with E-state index in [1.807, 2.05) is 72.5 Å². The van der Waals surface area contributed by atoms with E-state index in [0.29, 0.717) is 68.3 Å². The number of hydrogen-bond donors (Lipinski definition) is 2. The second kappa shape index (κ2) is 17.5. The van der Waals surface area contributed by atoms with E-state index in [-0.39, 0.29) is 23.7 Å². The topological polar surface area (TPSA) is 117 Å². The van der Waals surface area contributed by atoms with Gasteiger partial charge in [0.2, 0.25) is 0 Å². The van der Waals surface area contributed by atoms with Crippen molar-refractivity contribution >= 4 is 39.2 Å². The van der Waals surface area contributed by atoms with Crippen molar-refractivity contribution in [3.05, 3.63) is 126 Å². The van der Waals surface area contributed by atoms with E-state index in [1.165, 1.54) is 23.9 Å². The number of benzene rings is 4. The molecule has 0 aliphatic carbocycles. The van der Waals surface area contributed by atoms with Gasteiger partial charge in [0, 0.05) is 61.2 Å². The summed E-state index contributed by atoms with van der Waals surface area (Å²) in [5.74, 6) is 0.149. The van der Waals surface area contributed by atoms with Crippen molar-refractivity contribution < 1.29 is 35.5 Å². The Kier molecular flexibility index (Phi) is 12.6. The molecule has 2 N–H and O–H groups in total. The van der Waals surface area contributed by atoms with Crippen molar-refractivity contribution in [3.63, 3.8) is 0 Å². The summed E-state index contributed by atoms with van der Waals surface area (Å²) in [6.45, 7) is 5.56. The summed E-state index contributed by atoms with van der Waals surface area (Å²) in [5, 5.41) is 10.7. The maximum absolute atomic E-state index is 15.1. The molecule has 0 bridgehead atoms. The normalized spacial score (nSPS) is 13.7. The number of carbonyl (C=O) groups is 1. The maximum Gasteiger partial charge on any atom is 0.418 e. The zero-order valence-corrected chi connectivity index (χ0v) is 31.4. The highest BCUT2D eigenvalue weighted by atomic mass is 32.2. The van der Waals surface area contributed by atoms with Gasteiger partial charge in [0.15, 0.2) is 11.5 Å². The number of alkyl halides is 3. The molecular formula is C39H38F4N6O4S2. The predicted molar refractivity (Wildman–Crippen MR) is 204 cm³/mol. The van der Waals surface area contributed by atoms with Crippen LogP contribution in [0.2, 0.25) is 0 Å². The van der Waals surface area contributed by atoms with Crippen LogP contribution in [0, 0.1) is 5.82 Å². The summed E-state index contributed by atoms with van der Waals surface area (Å²) >= 11 is 1.46. The fraction of sp³-hybridized carbons (Fsp3) is 0.256. The molecule has 288 valence electrons. The number of nitrogens with zero attached hydrogens (tertiary/aromatic N) is 4. The zero-order valence-electron chi connectivity index (χ0n) is 29.7. The van der Waals surface area contributed by atoms with Gasteiger partial charge in [-0.3, -0.25) is 9.69 Å². The van der Waals surface area contributed by atoms with Crippen LogP contribution in [0.4, 0.5) is 29.1 Å². The van der Waals surface area contributed by atoms with Crippen LogP contribution in [0.3, 0.4) is 0 Å². The van der Waals surface area contributed by atoms with Gasteiger partial charge in [-0.15, -0.1) is 22.0 Å². The third kappa shape index (κ3) is 10.3. The summed E-state index contributed by atoms with van der Waals surface area (Å²) in [6, 6.07) is 27.2. The second-order valence-corrected chi connectivity index (χ2v) is 15.4. The van der Waals surface area contributed by atoms with Gasteiger partial charge < -0.3 is 15.0 Å². The van der Waals surface area contributed by atoms with E-state index in [9.17, 15) is 26.4 Å². The van der Waals surface area contributed by atoms with Crippen molar-refractivity contribution in [1.29, 1.82) is 0 Å². The minimum Gasteiger partial charge on any atom is -0.494 e. The molecule has 2 heterocycles.